The molecule has 0 amide bonds. The molecule has 1 atom stereocenters. The molecule has 1 N–H and O–H groups in total. The van der Waals surface area contributed by atoms with E-state index in [0.717, 1.165) is 30.6 Å². The van der Waals surface area contributed by atoms with E-state index in [9.17, 15) is 9.50 Å². The van der Waals surface area contributed by atoms with Gasteiger partial charge in [-0.05, 0) is 56.2 Å². The highest BCUT2D eigenvalue weighted by atomic mass is 32.1. The molecule has 0 spiro atoms. The van der Waals surface area contributed by atoms with Gasteiger partial charge in [0, 0.05) is 18.8 Å². The van der Waals surface area contributed by atoms with Crippen LogP contribution in [0.2, 0.25) is 0 Å². The molecule has 2 aromatic carbocycles. The van der Waals surface area contributed by atoms with E-state index in [2.05, 4.69) is 10.00 Å². The molecule has 1 aromatic heterocycles. The van der Waals surface area contributed by atoms with Crippen LogP contribution in [0, 0.1) is 17.5 Å². The average molecular weight is 399 g/mol. The minimum Gasteiger partial charge on any atom is -0.392 e. The van der Waals surface area contributed by atoms with Crippen LogP contribution in [0.3, 0.4) is 0 Å². The summed E-state index contributed by atoms with van der Waals surface area (Å²) in [6.07, 6.45) is 1.43. The first-order valence-electron chi connectivity index (χ1n) is 9.45. The van der Waals surface area contributed by atoms with Crippen molar-refractivity contribution in [2.45, 2.75) is 32.5 Å². The quantitative estimate of drug-likeness (QED) is 0.677. The van der Waals surface area contributed by atoms with Crippen LogP contribution in [0.1, 0.15) is 18.4 Å². The van der Waals surface area contributed by atoms with Gasteiger partial charge in [-0.15, -0.1) is 5.10 Å². The van der Waals surface area contributed by atoms with Gasteiger partial charge in [0.1, 0.15) is 5.82 Å². The lowest BCUT2D eigenvalue weighted by Gasteiger charge is -2.29. The predicted molar refractivity (Wildman–Crippen MR) is 109 cm³/mol. The molecule has 7 heteroatoms. The maximum Gasteiger partial charge on any atom is 0.204 e. The fraction of sp³-hybridized carbons (Fsp3) is 0.333. The lowest BCUT2D eigenvalue weighted by atomic mass is 10.1. The maximum absolute atomic E-state index is 14.5. The van der Waals surface area contributed by atoms with Crippen molar-refractivity contribution in [2.75, 3.05) is 13.1 Å². The molecule has 1 fully saturated rings. The van der Waals surface area contributed by atoms with Crippen molar-refractivity contribution in [2.24, 2.45) is 0 Å². The molecule has 1 saturated heterocycles. The zero-order valence-electron chi connectivity index (χ0n) is 15.8. The Morgan fingerprint density at radius 2 is 1.93 bits per heavy atom. The van der Waals surface area contributed by atoms with Gasteiger partial charge in [-0.25, -0.2) is 9.07 Å². The van der Waals surface area contributed by atoms with E-state index >= 15 is 0 Å². The molecule has 3 aromatic rings. The number of aryl methyl sites for hydroxylation is 1. The lowest BCUT2D eigenvalue weighted by molar-refractivity contribution is 0.0513. The fourth-order valence-electron chi connectivity index (χ4n) is 3.59. The number of rotatable bonds is 4. The number of nitrogens with zero attached hydrogens (tertiary/aromatic N) is 4. The Hall–Kier alpha value is -2.35. The minimum absolute atomic E-state index is 0.326. The normalized spacial score (nSPS) is 17.8. The largest absolute Gasteiger partial charge is 0.392 e. The van der Waals surface area contributed by atoms with Crippen LogP contribution in [0.25, 0.3) is 17.1 Å². The molecule has 0 unspecified atom stereocenters. The van der Waals surface area contributed by atoms with E-state index in [0.29, 0.717) is 29.4 Å². The minimum atomic E-state index is -0.337. The second-order valence-electron chi connectivity index (χ2n) is 7.27. The van der Waals surface area contributed by atoms with Gasteiger partial charge in [-0.2, -0.15) is 0 Å². The Bertz CT molecular complexity index is 1030. The van der Waals surface area contributed by atoms with Crippen molar-refractivity contribution >= 4 is 12.2 Å². The smallest absolute Gasteiger partial charge is 0.204 e. The summed E-state index contributed by atoms with van der Waals surface area (Å²) in [4.78, 5) is 2.13. The summed E-state index contributed by atoms with van der Waals surface area (Å²) in [5, 5.41) is 14.6. The Morgan fingerprint density at radius 1 is 1.18 bits per heavy atom. The maximum atomic E-state index is 14.5. The summed E-state index contributed by atoms with van der Waals surface area (Å²) in [7, 11) is 0. The highest BCUT2D eigenvalue weighted by Crippen LogP contribution is 2.25. The van der Waals surface area contributed by atoms with Gasteiger partial charge < -0.3 is 5.11 Å². The van der Waals surface area contributed by atoms with E-state index in [4.69, 9.17) is 12.2 Å². The molecule has 146 valence electrons. The standard InChI is InChI=1S/C21H23FN4OS/c1-15-8-10-16(11-9-15)26-20(18-6-2-3-7-19(18)22)23-25(21(26)28)14-24-12-4-5-17(27)13-24/h2-3,6-11,17,27H,4-5,12-14H2,1H3/t17-/m0/s1. The first kappa shape index (κ1) is 19.0. The van der Waals surface area contributed by atoms with Crippen molar-refractivity contribution in [1.29, 1.82) is 0 Å². The van der Waals surface area contributed by atoms with E-state index in [1.807, 2.05) is 35.8 Å². The lowest BCUT2D eigenvalue weighted by Crippen LogP contribution is -2.39. The molecule has 2 heterocycles. The number of aliphatic hydroxyl groups is 1. The van der Waals surface area contributed by atoms with Crippen molar-refractivity contribution in [3.63, 3.8) is 0 Å². The predicted octanol–water partition coefficient (Wildman–Crippen LogP) is 3.93. The Labute approximate surface area is 168 Å². The molecule has 5 nitrogen and oxygen atoms in total. The van der Waals surface area contributed by atoms with Crippen LogP contribution in [0.15, 0.2) is 48.5 Å². The molecule has 0 saturated carbocycles. The van der Waals surface area contributed by atoms with E-state index in [-0.39, 0.29) is 11.9 Å². The van der Waals surface area contributed by atoms with Crippen LogP contribution >= 0.6 is 12.2 Å². The van der Waals surface area contributed by atoms with Gasteiger partial charge in [-0.3, -0.25) is 9.47 Å². The molecule has 4 rings (SSSR count). The van der Waals surface area contributed by atoms with Crippen molar-refractivity contribution in [3.05, 3.63) is 64.7 Å². The number of aromatic nitrogens is 3. The van der Waals surface area contributed by atoms with Gasteiger partial charge >= 0.3 is 0 Å². The number of aliphatic hydroxyl groups excluding tert-OH is 1. The summed E-state index contributed by atoms with van der Waals surface area (Å²) in [5.74, 6) is 0.140. The van der Waals surface area contributed by atoms with Crippen molar-refractivity contribution in [1.82, 2.24) is 19.2 Å². The van der Waals surface area contributed by atoms with Gasteiger partial charge in [0.2, 0.25) is 4.77 Å². The van der Waals surface area contributed by atoms with Crippen LogP contribution < -0.4 is 0 Å². The van der Waals surface area contributed by atoms with E-state index in [1.54, 1.807) is 22.9 Å². The second kappa shape index (κ2) is 7.95. The molecule has 1 aliphatic heterocycles. The first-order valence-corrected chi connectivity index (χ1v) is 9.86. The fourth-order valence-corrected chi connectivity index (χ4v) is 3.88. The Kier molecular flexibility index (Phi) is 5.39. The van der Waals surface area contributed by atoms with E-state index < -0.39 is 0 Å². The third-order valence-electron chi connectivity index (χ3n) is 5.06. The number of β-amino-alcohol motifs (C(OH)–C–C–N with tert-alkyl or cyclic N) is 1. The number of piperidine rings is 1. The molecular formula is C21H23FN4OS. The Morgan fingerprint density at radius 3 is 2.64 bits per heavy atom. The molecule has 0 radical (unpaired) electrons. The first-order chi connectivity index (χ1) is 13.5. The van der Waals surface area contributed by atoms with Crippen LogP contribution in [-0.4, -0.2) is 43.5 Å². The summed E-state index contributed by atoms with van der Waals surface area (Å²) in [5.41, 5.74) is 2.39. The van der Waals surface area contributed by atoms with Gasteiger partial charge in [-0.1, -0.05) is 29.8 Å². The third-order valence-corrected chi connectivity index (χ3v) is 5.45. The molecule has 1 aliphatic rings. The monoisotopic (exact) mass is 398 g/mol. The number of hydrogen-bond acceptors (Lipinski definition) is 4. The Balaban J connectivity index is 1.81. The molecule has 0 aliphatic carbocycles. The van der Waals surface area contributed by atoms with Gasteiger partial charge in [0.15, 0.2) is 5.82 Å². The third kappa shape index (κ3) is 3.78. The highest BCUT2D eigenvalue weighted by Gasteiger charge is 2.21. The summed E-state index contributed by atoms with van der Waals surface area (Å²) >= 11 is 5.72. The van der Waals surface area contributed by atoms with Crippen LogP contribution in [-0.2, 0) is 6.67 Å². The van der Waals surface area contributed by atoms with Gasteiger partial charge in [0.05, 0.1) is 18.3 Å². The van der Waals surface area contributed by atoms with Crippen LogP contribution in [0.5, 0.6) is 0 Å². The molecular weight excluding hydrogens is 375 g/mol. The molecule has 0 bridgehead atoms. The zero-order chi connectivity index (χ0) is 19.7. The second-order valence-corrected chi connectivity index (χ2v) is 7.64. The topological polar surface area (TPSA) is 46.2 Å². The number of halogens is 1. The zero-order valence-corrected chi connectivity index (χ0v) is 16.6. The van der Waals surface area contributed by atoms with Crippen molar-refractivity contribution < 1.29 is 9.50 Å². The van der Waals surface area contributed by atoms with Crippen LogP contribution in [0.4, 0.5) is 4.39 Å². The summed E-state index contributed by atoms with van der Waals surface area (Å²) < 4.78 is 18.6. The van der Waals surface area contributed by atoms with Crippen molar-refractivity contribution in [3.8, 4) is 17.1 Å². The summed E-state index contributed by atoms with van der Waals surface area (Å²) in [6.45, 7) is 3.96. The average Bonchev–Trinajstić information content (AvgIpc) is 2.99. The molecule has 28 heavy (non-hydrogen) atoms. The van der Waals surface area contributed by atoms with Gasteiger partial charge in [0.25, 0.3) is 0 Å². The summed E-state index contributed by atoms with van der Waals surface area (Å²) in [6, 6.07) is 14.5. The number of likely N-dealkylation sites (tertiary alicyclic amines) is 1. The SMILES string of the molecule is Cc1ccc(-n2c(-c3ccccc3F)nn(CN3CCC[C@H](O)C3)c2=S)cc1. The highest BCUT2D eigenvalue weighted by molar-refractivity contribution is 7.71. The number of benzene rings is 2. The van der Waals surface area contributed by atoms with E-state index in [1.165, 1.54) is 6.07 Å². The number of hydrogen-bond donors (Lipinski definition) is 1.